The van der Waals surface area contributed by atoms with Crippen LogP contribution in [0.4, 0.5) is 4.79 Å². The Morgan fingerprint density at radius 1 is 1.33 bits per heavy atom. The number of likely N-dealkylation sites (tertiary alicyclic amines) is 1. The third kappa shape index (κ3) is 4.63. The molecule has 0 spiro atoms. The number of benzene rings is 1. The summed E-state index contributed by atoms with van der Waals surface area (Å²) in [6.07, 6.45) is 1.45. The number of amides is 2. The third-order valence-corrected chi connectivity index (χ3v) is 3.72. The molecule has 0 aliphatic carbocycles. The van der Waals surface area contributed by atoms with Crippen molar-refractivity contribution in [3.8, 4) is 0 Å². The van der Waals surface area contributed by atoms with Gasteiger partial charge >= 0.3 is 6.09 Å². The van der Waals surface area contributed by atoms with Crippen molar-refractivity contribution in [1.82, 2.24) is 10.2 Å². The van der Waals surface area contributed by atoms with E-state index in [9.17, 15) is 9.59 Å². The summed E-state index contributed by atoms with van der Waals surface area (Å²) in [5.74, 6) is -0.285. The molecule has 1 aromatic carbocycles. The van der Waals surface area contributed by atoms with Gasteiger partial charge in [0.1, 0.15) is 12.5 Å². The van der Waals surface area contributed by atoms with E-state index in [1.54, 1.807) is 4.90 Å². The van der Waals surface area contributed by atoms with Gasteiger partial charge < -0.3 is 15.0 Å². The number of halogens is 1. The molecule has 6 heteroatoms. The van der Waals surface area contributed by atoms with E-state index >= 15 is 0 Å². The van der Waals surface area contributed by atoms with Crippen molar-refractivity contribution in [3.05, 3.63) is 35.9 Å². The SMILES string of the molecule is O=C(CCl)NCC1CCCN1C(=O)OCc1ccccc1. The molecule has 1 unspecified atom stereocenters. The lowest BCUT2D eigenvalue weighted by atomic mass is 10.2. The third-order valence-electron chi connectivity index (χ3n) is 3.47. The second-order valence-corrected chi connectivity index (χ2v) is 5.23. The Hall–Kier alpha value is -1.75. The van der Waals surface area contributed by atoms with Gasteiger partial charge in [0, 0.05) is 13.1 Å². The number of nitrogens with one attached hydrogen (secondary N) is 1. The van der Waals surface area contributed by atoms with Crippen molar-refractivity contribution in [1.29, 1.82) is 0 Å². The van der Waals surface area contributed by atoms with Gasteiger partial charge in [-0.1, -0.05) is 30.3 Å². The Balaban J connectivity index is 1.81. The molecule has 0 bridgehead atoms. The predicted octanol–water partition coefficient (Wildman–Crippen LogP) is 2.14. The Bertz CT molecular complexity index is 481. The standard InChI is InChI=1S/C15H19ClN2O3/c16-9-14(19)17-10-13-7-4-8-18(13)15(20)21-11-12-5-2-1-3-6-12/h1-3,5-6,13H,4,7-11H2,(H,17,19). The molecule has 1 atom stereocenters. The van der Waals surface area contributed by atoms with E-state index in [1.807, 2.05) is 30.3 Å². The number of carbonyl (C=O) groups excluding carboxylic acids is 2. The van der Waals surface area contributed by atoms with Crippen molar-refractivity contribution in [3.63, 3.8) is 0 Å². The zero-order valence-electron chi connectivity index (χ0n) is 11.8. The lowest BCUT2D eigenvalue weighted by Crippen LogP contribution is -2.43. The van der Waals surface area contributed by atoms with E-state index in [2.05, 4.69) is 5.32 Å². The van der Waals surface area contributed by atoms with Crippen LogP contribution in [0.5, 0.6) is 0 Å². The zero-order valence-corrected chi connectivity index (χ0v) is 12.5. The van der Waals surface area contributed by atoms with E-state index < -0.39 is 0 Å². The topological polar surface area (TPSA) is 58.6 Å². The van der Waals surface area contributed by atoms with Crippen LogP contribution in [-0.4, -0.2) is 41.9 Å². The predicted molar refractivity (Wildman–Crippen MR) is 80.1 cm³/mol. The highest BCUT2D eigenvalue weighted by Gasteiger charge is 2.29. The van der Waals surface area contributed by atoms with E-state index in [4.69, 9.17) is 16.3 Å². The number of rotatable bonds is 5. The minimum Gasteiger partial charge on any atom is -0.445 e. The summed E-state index contributed by atoms with van der Waals surface area (Å²) in [7, 11) is 0. The van der Waals surface area contributed by atoms with Crippen LogP contribution in [0.25, 0.3) is 0 Å². The summed E-state index contributed by atoms with van der Waals surface area (Å²) in [4.78, 5) is 25.0. The molecule has 21 heavy (non-hydrogen) atoms. The van der Waals surface area contributed by atoms with Crippen molar-refractivity contribution in [2.24, 2.45) is 0 Å². The van der Waals surface area contributed by atoms with Gasteiger partial charge in [0.2, 0.25) is 5.91 Å². The van der Waals surface area contributed by atoms with Gasteiger partial charge in [0.15, 0.2) is 0 Å². The van der Waals surface area contributed by atoms with Gasteiger partial charge in [-0.05, 0) is 18.4 Å². The molecule has 0 radical (unpaired) electrons. The average molecular weight is 311 g/mol. The van der Waals surface area contributed by atoms with Gasteiger partial charge in [-0.2, -0.15) is 0 Å². The number of carbonyl (C=O) groups is 2. The van der Waals surface area contributed by atoms with Gasteiger partial charge in [0.25, 0.3) is 0 Å². The van der Waals surface area contributed by atoms with E-state index in [0.29, 0.717) is 13.1 Å². The molecule has 114 valence electrons. The van der Waals surface area contributed by atoms with Crippen LogP contribution in [0.3, 0.4) is 0 Å². The molecular formula is C15H19ClN2O3. The largest absolute Gasteiger partial charge is 0.445 e. The smallest absolute Gasteiger partial charge is 0.410 e. The maximum absolute atomic E-state index is 12.1. The quantitative estimate of drug-likeness (QED) is 0.848. The van der Waals surface area contributed by atoms with Crippen LogP contribution in [-0.2, 0) is 16.1 Å². The van der Waals surface area contributed by atoms with Crippen LogP contribution in [0.15, 0.2) is 30.3 Å². The highest BCUT2D eigenvalue weighted by molar-refractivity contribution is 6.27. The number of nitrogens with zero attached hydrogens (tertiary/aromatic N) is 1. The maximum Gasteiger partial charge on any atom is 0.410 e. The number of ether oxygens (including phenoxy) is 1. The first-order valence-electron chi connectivity index (χ1n) is 7.00. The van der Waals surface area contributed by atoms with Crippen molar-refractivity contribution in [2.75, 3.05) is 19.0 Å². The molecular weight excluding hydrogens is 292 g/mol. The Labute approximate surface area is 129 Å². The maximum atomic E-state index is 12.1. The summed E-state index contributed by atoms with van der Waals surface area (Å²) >= 11 is 5.44. The molecule has 2 rings (SSSR count). The summed E-state index contributed by atoms with van der Waals surface area (Å²) in [5, 5.41) is 2.71. The Kier molecular flexibility index (Phi) is 5.87. The van der Waals surface area contributed by atoms with E-state index in [1.165, 1.54) is 0 Å². The minimum absolute atomic E-state index is 0.0135. The van der Waals surface area contributed by atoms with Gasteiger partial charge in [0.05, 0.1) is 6.04 Å². The highest BCUT2D eigenvalue weighted by atomic mass is 35.5. The number of hydrogen-bond donors (Lipinski definition) is 1. The molecule has 0 saturated carbocycles. The summed E-state index contributed by atoms with van der Waals surface area (Å²) in [6.45, 7) is 1.35. The second kappa shape index (κ2) is 7.88. The van der Waals surface area contributed by atoms with Crippen molar-refractivity contribution >= 4 is 23.6 Å². The molecule has 1 fully saturated rings. The molecule has 1 aromatic rings. The minimum atomic E-state index is -0.332. The van der Waals surface area contributed by atoms with Crippen molar-refractivity contribution < 1.29 is 14.3 Å². The first kappa shape index (κ1) is 15.6. The monoisotopic (exact) mass is 310 g/mol. The van der Waals surface area contributed by atoms with E-state index in [-0.39, 0.29) is 30.5 Å². The fourth-order valence-electron chi connectivity index (χ4n) is 2.37. The van der Waals surface area contributed by atoms with Crippen LogP contribution in [0, 0.1) is 0 Å². The molecule has 2 amide bonds. The van der Waals surface area contributed by atoms with Gasteiger partial charge in [-0.15, -0.1) is 11.6 Å². The summed E-state index contributed by atoms with van der Waals surface area (Å²) in [5.41, 5.74) is 0.956. The highest BCUT2D eigenvalue weighted by Crippen LogP contribution is 2.18. The normalized spacial score (nSPS) is 17.6. The van der Waals surface area contributed by atoms with Gasteiger partial charge in [-0.3, -0.25) is 4.79 Å². The first-order chi connectivity index (χ1) is 10.2. The first-order valence-corrected chi connectivity index (χ1v) is 7.54. The fraction of sp³-hybridized carbons (Fsp3) is 0.467. The van der Waals surface area contributed by atoms with Crippen LogP contribution < -0.4 is 5.32 Å². The van der Waals surface area contributed by atoms with Crippen LogP contribution in [0.1, 0.15) is 18.4 Å². The number of hydrogen-bond acceptors (Lipinski definition) is 3. The van der Waals surface area contributed by atoms with Gasteiger partial charge in [-0.25, -0.2) is 4.79 Å². The Morgan fingerprint density at radius 3 is 2.81 bits per heavy atom. The summed E-state index contributed by atoms with van der Waals surface area (Å²) in [6, 6.07) is 9.54. The molecule has 1 heterocycles. The molecule has 1 N–H and O–H groups in total. The molecule has 1 aliphatic rings. The molecule has 0 aromatic heterocycles. The van der Waals surface area contributed by atoms with Crippen LogP contribution in [0.2, 0.25) is 0 Å². The molecule has 1 aliphatic heterocycles. The second-order valence-electron chi connectivity index (χ2n) is 4.97. The molecule has 1 saturated heterocycles. The summed E-state index contributed by atoms with van der Waals surface area (Å²) < 4.78 is 5.32. The van der Waals surface area contributed by atoms with Crippen molar-refractivity contribution in [2.45, 2.75) is 25.5 Å². The number of alkyl halides is 1. The van der Waals surface area contributed by atoms with E-state index in [0.717, 1.165) is 18.4 Å². The lowest BCUT2D eigenvalue weighted by Gasteiger charge is -2.24. The fourth-order valence-corrected chi connectivity index (χ4v) is 2.46. The lowest BCUT2D eigenvalue weighted by molar-refractivity contribution is -0.118. The van der Waals surface area contributed by atoms with Crippen LogP contribution >= 0.6 is 11.6 Å². The average Bonchev–Trinajstić information content (AvgIpc) is 2.99. The molecule has 5 nitrogen and oxygen atoms in total. The zero-order chi connectivity index (χ0) is 15.1. The Morgan fingerprint density at radius 2 is 2.10 bits per heavy atom.